The molecule has 0 aromatic heterocycles. The number of halogens is 4. The molecular weight excluding hydrogens is 274 g/mol. The first-order valence-corrected chi connectivity index (χ1v) is 5.46. The second kappa shape index (κ2) is 7.89. The van der Waals surface area contributed by atoms with E-state index in [1.807, 2.05) is 13.8 Å². The Morgan fingerprint density at radius 3 is 2.33 bits per heavy atom. The fourth-order valence-electron chi connectivity index (χ4n) is 1.22. The minimum atomic E-state index is -5.30. The third-order valence-corrected chi connectivity index (χ3v) is 2.56. The normalized spacial score (nSPS) is 12.8. The van der Waals surface area contributed by atoms with Crippen LogP contribution in [0.3, 0.4) is 0 Å². The van der Waals surface area contributed by atoms with Gasteiger partial charge in [0.05, 0.1) is 12.4 Å². The minimum absolute atomic E-state index is 0. The van der Waals surface area contributed by atoms with Gasteiger partial charge in [-0.25, -0.2) is 4.39 Å². The van der Waals surface area contributed by atoms with Crippen molar-refractivity contribution in [1.82, 2.24) is 0 Å². The van der Waals surface area contributed by atoms with E-state index in [-0.39, 0.29) is 63.1 Å². The van der Waals surface area contributed by atoms with E-state index in [4.69, 9.17) is 4.74 Å². The third-order valence-electron chi connectivity index (χ3n) is 2.56. The van der Waals surface area contributed by atoms with Crippen molar-refractivity contribution in [3.63, 3.8) is 0 Å². The number of ether oxygens (including phenoxy) is 1. The maximum atomic E-state index is 13.2. The molecule has 1 unspecified atom stereocenters. The molecule has 0 amide bonds. The number of hydrogen-bond donors (Lipinski definition) is 0. The van der Waals surface area contributed by atoms with Crippen molar-refractivity contribution in [2.24, 2.45) is 5.92 Å². The van der Waals surface area contributed by atoms with Gasteiger partial charge in [0.25, 0.3) is 0 Å². The van der Waals surface area contributed by atoms with Crippen LogP contribution in [0.25, 0.3) is 0 Å². The summed E-state index contributed by atoms with van der Waals surface area (Å²) in [4.78, 5) is 0. The molecule has 1 aromatic carbocycles. The topological polar surface area (TPSA) is 9.23 Å². The molecule has 0 aliphatic carbocycles. The summed E-state index contributed by atoms with van der Waals surface area (Å²) in [6.07, 6.45) is 0.895. The van der Waals surface area contributed by atoms with Crippen LogP contribution in [-0.2, 0) is 0 Å². The zero-order valence-electron chi connectivity index (χ0n) is 10.7. The Labute approximate surface area is 147 Å². The number of benzene rings is 1. The van der Waals surface area contributed by atoms with Crippen molar-refractivity contribution >= 4 is 12.4 Å². The van der Waals surface area contributed by atoms with Gasteiger partial charge in [-0.05, 0) is 12.0 Å². The fourth-order valence-corrected chi connectivity index (χ4v) is 1.22. The van der Waals surface area contributed by atoms with E-state index in [2.05, 4.69) is 0 Å². The van der Waals surface area contributed by atoms with Crippen LogP contribution in [-0.4, -0.2) is 13.6 Å². The van der Waals surface area contributed by atoms with Crippen molar-refractivity contribution < 1.29 is 73.5 Å². The molecule has 0 aliphatic rings. The van der Waals surface area contributed by atoms with Gasteiger partial charge in [-0.15, -0.1) is 0 Å². The molecular formula is C11H14BF4KO. The Hall–Kier alpha value is 0.441. The predicted octanol–water partition coefficient (Wildman–Crippen LogP) is 0.309. The van der Waals surface area contributed by atoms with Gasteiger partial charge in [0, 0.05) is 6.07 Å². The molecule has 0 N–H and O–H groups in total. The van der Waals surface area contributed by atoms with E-state index in [0.29, 0.717) is 6.61 Å². The molecule has 1 nitrogen and oxygen atoms in total. The summed E-state index contributed by atoms with van der Waals surface area (Å²) in [5.41, 5.74) is -1.21. The van der Waals surface area contributed by atoms with E-state index in [1.54, 1.807) is 0 Å². The summed E-state index contributed by atoms with van der Waals surface area (Å²) in [5, 5.41) is 0. The fraction of sp³-hybridized carbons (Fsp3) is 0.455. The minimum Gasteiger partial charge on any atom is -0.493 e. The molecule has 1 atom stereocenters. The monoisotopic (exact) mass is 288 g/mol. The van der Waals surface area contributed by atoms with Crippen molar-refractivity contribution in [1.29, 1.82) is 0 Å². The van der Waals surface area contributed by atoms with Gasteiger partial charge in [0.2, 0.25) is 0 Å². The summed E-state index contributed by atoms with van der Waals surface area (Å²) in [6, 6.07) is 2.66. The third kappa shape index (κ3) is 5.61. The molecule has 0 saturated heterocycles. The first-order valence-electron chi connectivity index (χ1n) is 5.46. The number of hydrogen-bond acceptors (Lipinski definition) is 1. The first-order chi connectivity index (χ1) is 7.84. The van der Waals surface area contributed by atoms with Crippen LogP contribution in [0, 0.1) is 11.7 Å². The Balaban J connectivity index is 0.00000289. The first kappa shape index (κ1) is 18.4. The molecule has 7 heteroatoms. The van der Waals surface area contributed by atoms with Gasteiger partial charge in [-0.1, -0.05) is 31.8 Å². The summed E-state index contributed by atoms with van der Waals surface area (Å²) in [7, 11) is 0. The summed E-state index contributed by atoms with van der Waals surface area (Å²) in [6.45, 7) is -1.01. The number of rotatable bonds is 5. The zero-order valence-corrected chi connectivity index (χ0v) is 13.8. The Morgan fingerprint density at radius 1 is 1.28 bits per heavy atom. The molecule has 0 spiro atoms. The Morgan fingerprint density at radius 2 is 1.89 bits per heavy atom. The predicted molar refractivity (Wildman–Crippen MR) is 60.1 cm³/mol. The molecule has 1 rings (SSSR count). The van der Waals surface area contributed by atoms with Crippen LogP contribution in [0.4, 0.5) is 17.3 Å². The largest absolute Gasteiger partial charge is 1.00 e. The van der Waals surface area contributed by atoms with Crippen molar-refractivity contribution in [3.8, 4) is 5.75 Å². The average molecular weight is 288 g/mol. The van der Waals surface area contributed by atoms with Gasteiger partial charge in [-0.2, -0.15) is 0 Å². The molecule has 0 heterocycles. The van der Waals surface area contributed by atoms with E-state index < -0.39 is 18.3 Å². The quantitative estimate of drug-likeness (QED) is 0.560. The zero-order chi connectivity index (χ0) is 13.1. The van der Waals surface area contributed by atoms with Gasteiger partial charge in [0.1, 0.15) is 5.75 Å². The summed E-state index contributed by atoms with van der Waals surface area (Å²) in [5.74, 6) is -0.865. The van der Waals surface area contributed by atoms with E-state index in [0.717, 1.165) is 24.6 Å². The smallest absolute Gasteiger partial charge is 0.493 e. The van der Waals surface area contributed by atoms with Gasteiger partial charge < -0.3 is 17.7 Å². The molecule has 0 bridgehead atoms. The molecule has 0 saturated carbocycles. The Bertz CT molecular complexity index is 384. The van der Waals surface area contributed by atoms with Crippen LogP contribution in [0.1, 0.15) is 20.3 Å². The SMILES string of the molecule is CCC(C)COc1ccc([B-](F)(F)F)c(F)c1.[K+]. The van der Waals surface area contributed by atoms with Crippen LogP contribution < -0.4 is 61.6 Å². The van der Waals surface area contributed by atoms with E-state index in [9.17, 15) is 17.3 Å². The molecule has 1 aromatic rings. The van der Waals surface area contributed by atoms with Crippen LogP contribution in [0.5, 0.6) is 5.75 Å². The van der Waals surface area contributed by atoms with Crippen LogP contribution >= 0.6 is 0 Å². The Kier molecular flexibility index (Phi) is 8.09. The standard InChI is InChI=1S/C11H14BF4O.K/c1-3-8(2)7-17-9-4-5-10(11(13)6-9)12(14,15)16;/h4-6,8H,3,7H2,1-2H3;/q-1;+1. The average Bonchev–Trinajstić information content (AvgIpc) is 2.24. The summed E-state index contributed by atoms with van der Waals surface area (Å²) < 4.78 is 55.4. The van der Waals surface area contributed by atoms with E-state index in [1.165, 1.54) is 0 Å². The molecule has 0 radical (unpaired) electrons. The van der Waals surface area contributed by atoms with Crippen molar-refractivity contribution in [3.05, 3.63) is 24.0 Å². The van der Waals surface area contributed by atoms with Crippen molar-refractivity contribution in [2.45, 2.75) is 20.3 Å². The van der Waals surface area contributed by atoms with Gasteiger partial charge in [0.15, 0.2) is 0 Å². The van der Waals surface area contributed by atoms with Gasteiger partial charge in [-0.3, -0.25) is 0 Å². The second-order valence-electron chi connectivity index (χ2n) is 4.08. The molecule has 0 aliphatic heterocycles. The van der Waals surface area contributed by atoms with Gasteiger partial charge >= 0.3 is 58.4 Å². The van der Waals surface area contributed by atoms with Crippen molar-refractivity contribution in [2.75, 3.05) is 6.61 Å². The summed E-state index contributed by atoms with van der Waals surface area (Å²) >= 11 is 0. The van der Waals surface area contributed by atoms with Crippen LogP contribution in [0.15, 0.2) is 18.2 Å². The second-order valence-corrected chi connectivity index (χ2v) is 4.08. The molecule has 96 valence electrons. The molecule has 0 fully saturated rings. The maximum absolute atomic E-state index is 13.2. The van der Waals surface area contributed by atoms with Crippen LogP contribution in [0.2, 0.25) is 0 Å². The van der Waals surface area contributed by atoms with E-state index >= 15 is 0 Å². The maximum Gasteiger partial charge on any atom is 1.00 e. The molecule has 18 heavy (non-hydrogen) atoms.